The maximum Gasteiger partial charge on any atom is 0.264 e. The molecule has 3 aromatic carbocycles. The van der Waals surface area contributed by atoms with E-state index < -0.39 is 26.2 Å². The van der Waals surface area contributed by atoms with Crippen LogP contribution in [0.3, 0.4) is 0 Å². The van der Waals surface area contributed by atoms with E-state index in [0.717, 1.165) is 19.7 Å². The first-order chi connectivity index (χ1) is 15.1. The van der Waals surface area contributed by atoms with Crippen LogP contribution in [0.4, 0.5) is 11.4 Å². The Morgan fingerprint density at radius 3 is 1.34 bits per heavy atom. The van der Waals surface area contributed by atoms with Crippen LogP contribution >= 0.6 is 0 Å². The van der Waals surface area contributed by atoms with Crippen molar-refractivity contribution in [1.82, 2.24) is 0 Å². The van der Waals surface area contributed by atoms with Gasteiger partial charge in [0.1, 0.15) is 0 Å². The van der Waals surface area contributed by atoms with Gasteiger partial charge in [-0.1, -0.05) is 47.5 Å². The molecule has 32 heavy (non-hydrogen) atoms. The molecule has 0 saturated carbocycles. The molecule has 1 aliphatic heterocycles. The summed E-state index contributed by atoms with van der Waals surface area (Å²) in [7, 11) is -8.07. The summed E-state index contributed by atoms with van der Waals surface area (Å²) in [6.45, 7) is 3.17. The summed E-state index contributed by atoms with van der Waals surface area (Å²) in [6, 6.07) is 19.2. The van der Waals surface area contributed by atoms with E-state index in [1.807, 2.05) is 13.8 Å². The quantitative estimate of drug-likeness (QED) is 0.630. The number of sulfonamides is 2. The van der Waals surface area contributed by atoms with E-state index in [1.54, 1.807) is 48.5 Å². The normalized spacial score (nSPS) is 15.3. The highest BCUT2D eigenvalue weighted by atomic mass is 32.2. The molecule has 0 radical (unpaired) electrons. The van der Waals surface area contributed by atoms with E-state index in [4.69, 9.17) is 0 Å². The van der Waals surface area contributed by atoms with Crippen molar-refractivity contribution in [3.05, 3.63) is 83.9 Å². The van der Waals surface area contributed by atoms with Gasteiger partial charge in [0.05, 0.1) is 40.4 Å². The lowest BCUT2D eigenvalue weighted by atomic mass is 10.2. The Bertz CT molecular complexity index is 1230. The molecular weight excluding hydrogens is 448 g/mol. The molecule has 9 heteroatoms. The number of fused-ring (bicyclic) bond motifs is 1. The van der Waals surface area contributed by atoms with E-state index in [2.05, 4.69) is 0 Å². The second kappa shape index (κ2) is 8.23. The summed E-state index contributed by atoms with van der Waals surface area (Å²) in [5.41, 5.74) is 2.21. The van der Waals surface area contributed by atoms with Crippen molar-refractivity contribution in [2.24, 2.45) is 0 Å². The average molecular weight is 473 g/mol. The van der Waals surface area contributed by atoms with Crippen LogP contribution in [0.1, 0.15) is 11.1 Å². The van der Waals surface area contributed by atoms with Crippen LogP contribution in [-0.4, -0.2) is 41.1 Å². The second-order valence-electron chi connectivity index (χ2n) is 7.84. The topological polar surface area (TPSA) is 95.0 Å². The van der Waals surface area contributed by atoms with Gasteiger partial charge in [0.25, 0.3) is 20.0 Å². The first-order valence-corrected chi connectivity index (χ1v) is 12.9. The van der Waals surface area contributed by atoms with Crippen LogP contribution < -0.4 is 8.61 Å². The number of nitrogens with zero attached hydrogens (tertiary/aromatic N) is 2. The molecule has 0 spiro atoms. The van der Waals surface area contributed by atoms with E-state index in [0.29, 0.717) is 0 Å². The fourth-order valence-electron chi connectivity index (χ4n) is 3.65. The second-order valence-corrected chi connectivity index (χ2v) is 11.6. The van der Waals surface area contributed by atoms with Gasteiger partial charge < -0.3 is 5.11 Å². The highest BCUT2D eigenvalue weighted by molar-refractivity contribution is 7.93. The largest absolute Gasteiger partial charge is 0.389 e. The van der Waals surface area contributed by atoms with Crippen molar-refractivity contribution >= 4 is 31.4 Å². The van der Waals surface area contributed by atoms with Crippen molar-refractivity contribution in [2.45, 2.75) is 29.7 Å². The number of aliphatic hydroxyl groups excluding tert-OH is 1. The Balaban J connectivity index is 1.86. The molecule has 0 saturated heterocycles. The summed E-state index contributed by atoms with van der Waals surface area (Å²) in [4.78, 5) is 0.139. The lowest BCUT2D eigenvalue weighted by Gasteiger charge is -2.27. The summed E-state index contributed by atoms with van der Waals surface area (Å²) >= 11 is 0. The molecular formula is C23H24N2O5S2. The van der Waals surface area contributed by atoms with E-state index in [1.165, 1.54) is 24.3 Å². The van der Waals surface area contributed by atoms with Crippen LogP contribution in [-0.2, 0) is 20.0 Å². The number of rotatable bonds is 4. The number of aliphatic hydroxyl groups is 1. The van der Waals surface area contributed by atoms with Crippen LogP contribution in [0.15, 0.2) is 82.6 Å². The first kappa shape index (κ1) is 22.3. The lowest BCUT2D eigenvalue weighted by Crippen LogP contribution is -2.40. The SMILES string of the molecule is Cc1ccc(S(=O)(=O)N2CC(O)CN(S(=O)(=O)c3ccc(C)cc3)c3ccccc32)cc1. The predicted molar refractivity (Wildman–Crippen MR) is 124 cm³/mol. The Morgan fingerprint density at radius 1 is 0.656 bits per heavy atom. The Morgan fingerprint density at radius 2 is 1.00 bits per heavy atom. The minimum absolute atomic E-state index is 0.0694. The van der Waals surface area contributed by atoms with Gasteiger partial charge in [-0.25, -0.2) is 16.8 Å². The van der Waals surface area contributed by atoms with E-state index in [-0.39, 0.29) is 34.3 Å². The number of β-amino-alcohol motifs (C(OH)–C–C–N with tert-alkyl or cyclic N) is 1. The third-order valence-corrected chi connectivity index (χ3v) is 8.98. The highest BCUT2D eigenvalue weighted by Crippen LogP contribution is 2.38. The number of anilines is 2. The molecule has 3 aromatic rings. The number of hydrogen-bond donors (Lipinski definition) is 1. The molecule has 0 amide bonds. The Hall–Kier alpha value is -2.88. The minimum atomic E-state index is -4.04. The number of para-hydroxylation sites is 2. The molecule has 0 aromatic heterocycles. The minimum Gasteiger partial charge on any atom is -0.389 e. The summed E-state index contributed by atoms with van der Waals surface area (Å²) in [5, 5.41) is 10.7. The van der Waals surface area contributed by atoms with Crippen molar-refractivity contribution in [3.63, 3.8) is 0 Å². The van der Waals surface area contributed by atoms with Gasteiger partial charge in [0.15, 0.2) is 0 Å². The van der Waals surface area contributed by atoms with Gasteiger partial charge in [0, 0.05) is 0 Å². The standard InChI is InChI=1S/C23H24N2O5S2/c1-17-7-11-20(12-8-17)31(27,28)24-15-19(26)16-25(23-6-4-3-5-22(23)24)32(29,30)21-13-9-18(2)10-14-21/h3-14,19,26H,15-16H2,1-2H3. The maximum absolute atomic E-state index is 13.5. The van der Waals surface area contributed by atoms with Gasteiger partial charge in [-0.15, -0.1) is 0 Å². The van der Waals surface area contributed by atoms with Gasteiger partial charge >= 0.3 is 0 Å². The van der Waals surface area contributed by atoms with Crippen LogP contribution in [0.25, 0.3) is 0 Å². The molecule has 0 unspecified atom stereocenters. The molecule has 4 rings (SSSR count). The van der Waals surface area contributed by atoms with Gasteiger partial charge in [-0.05, 0) is 50.2 Å². The highest BCUT2D eigenvalue weighted by Gasteiger charge is 2.37. The molecule has 1 N–H and O–H groups in total. The predicted octanol–water partition coefficient (Wildman–Crippen LogP) is 3.07. The van der Waals surface area contributed by atoms with E-state index >= 15 is 0 Å². The number of hydrogen-bond acceptors (Lipinski definition) is 5. The zero-order chi connectivity index (χ0) is 23.1. The molecule has 1 aliphatic rings. The smallest absolute Gasteiger partial charge is 0.264 e. The molecule has 0 fully saturated rings. The van der Waals surface area contributed by atoms with Crippen molar-refractivity contribution in [1.29, 1.82) is 0 Å². The average Bonchev–Trinajstić information content (AvgIpc) is 2.92. The van der Waals surface area contributed by atoms with Gasteiger partial charge in [-0.3, -0.25) is 8.61 Å². The number of aryl methyl sites for hydroxylation is 2. The van der Waals surface area contributed by atoms with Crippen molar-refractivity contribution in [2.75, 3.05) is 21.7 Å². The molecule has 168 valence electrons. The van der Waals surface area contributed by atoms with Crippen LogP contribution in [0.5, 0.6) is 0 Å². The monoisotopic (exact) mass is 472 g/mol. The zero-order valence-corrected chi connectivity index (χ0v) is 19.3. The Kier molecular flexibility index (Phi) is 5.74. The lowest BCUT2D eigenvalue weighted by molar-refractivity contribution is 0.194. The van der Waals surface area contributed by atoms with Gasteiger partial charge in [0.2, 0.25) is 0 Å². The van der Waals surface area contributed by atoms with Crippen LogP contribution in [0.2, 0.25) is 0 Å². The molecule has 0 aliphatic carbocycles. The Labute approximate surface area is 188 Å². The fourth-order valence-corrected chi connectivity index (χ4v) is 6.69. The summed E-state index contributed by atoms with van der Waals surface area (Å²) in [5.74, 6) is 0. The van der Waals surface area contributed by atoms with E-state index in [9.17, 15) is 21.9 Å². The van der Waals surface area contributed by atoms with Crippen molar-refractivity contribution in [3.8, 4) is 0 Å². The van der Waals surface area contributed by atoms with Crippen molar-refractivity contribution < 1.29 is 21.9 Å². The summed E-state index contributed by atoms with van der Waals surface area (Å²) < 4.78 is 56.1. The molecule has 1 heterocycles. The molecule has 0 bridgehead atoms. The third kappa shape index (κ3) is 3.99. The van der Waals surface area contributed by atoms with Crippen LogP contribution in [0, 0.1) is 13.8 Å². The maximum atomic E-state index is 13.5. The fraction of sp³-hybridized carbons (Fsp3) is 0.217. The molecule has 0 atom stereocenters. The zero-order valence-electron chi connectivity index (χ0n) is 17.7. The summed E-state index contributed by atoms with van der Waals surface area (Å²) in [6.07, 6.45) is -1.23. The third-order valence-electron chi connectivity index (χ3n) is 5.39. The first-order valence-electron chi connectivity index (χ1n) is 10.1. The van der Waals surface area contributed by atoms with Gasteiger partial charge in [-0.2, -0.15) is 0 Å². The molecule has 7 nitrogen and oxygen atoms in total. The number of benzene rings is 3.